The molecule has 18 heteroatoms. The molecule has 0 radical (unpaired) electrons. The van der Waals surface area contributed by atoms with Crippen LogP contribution in [0.25, 0.3) is 0 Å². The predicted octanol–water partition coefficient (Wildman–Crippen LogP) is 1.94. The summed E-state index contributed by atoms with van der Waals surface area (Å²) in [5.41, 5.74) is 7.77. The summed E-state index contributed by atoms with van der Waals surface area (Å²) in [6.07, 6.45) is 7.94. The SMILES string of the molecule is CN/C=C\N(C)CNCCNc1ccc(N(C)CCN(C)CC(=O)NCCSSCCNC(=O)CN(C)CCN(C)c2ccc(NN(C)c3n(C)cc[n+]3C)cc2)cc1. The normalized spacial score (nSPS) is 11.2. The number of amides is 2. The second-order valence-corrected chi connectivity index (χ2v) is 17.4. The molecule has 0 atom stereocenters. The van der Waals surface area contributed by atoms with E-state index in [0.717, 1.165) is 86.1 Å². The largest absolute Gasteiger partial charge is 0.393 e. The zero-order chi connectivity index (χ0) is 43.0. The van der Waals surface area contributed by atoms with Crippen molar-refractivity contribution in [2.75, 3.05) is 159 Å². The molecule has 0 aliphatic heterocycles. The fourth-order valence-electron chi connectivity index (χ4n) is 5.97. The average Bonchev–Trinajstić information content (AvgIpc) is 3.56. The van der Waals surface area contributed by atoms with Crippen LogP contribution in [0.4, 0.5) is 28.7 Å². The van der Waals surface area contributed by atoms with Crippen LogP contribution < -0.4 is 51.4 Å². The first-order valence-electron chi connectivity index (χ1n) is 20.1. The molecule has 16 nitrogen and oxygen atoms in total. The molecule has 59 heavy (non-hydrogen) atoms. The molecule has 3 aromatic rings. The van der Waals surface area contributed by atoms with Gasteiger partial charge in [-0.2, -0.15) is 5.01 Å². The van der Waals surface area contributed by atoms with Crippen LogP contribution in [0.1, 0.15) is 0 Å². The van der Waals surface area contributed by atoms with Crippen LogP contribution in [0.15, 0.2) is 73.3 Å². The number of likely N-dealkylation sites (N-methyl/N-ethyl adjacent to an activating group) is 4. The molecule has 0 spiro atoms. The molecule has 2 amide bonds. The van der Waals surface area contributed by atoms with Gasteiger partial charge in [-0.1, -0.05) is 21.6 Å². The zero-order valence-corrected chi connectivity index (χ0v) is 38.5. The lowest BCUT2D eigenvalue weighted by Gasteiger charge is -2.24. The highest BCUT2D eigenvalue weighted by Gasteiger charge is 2.17. The molecule has 0 fully saturated rings. The molecule has 6 N–H and O–H groups in total. The lowest BCUT2D eigenvalue weighted by molar-refractivity contribution is -0.657. The van der Waals surface area contributed by atoms with Crippen molar-refractivity contribution in [2.45, 2.75) is 0 Å². The van der Waals surface area contributed by atoms with Crippen LogP contribution in [0.2, 0.25) is 0 Å². The highest BCUT2D eigenvalue weighted by Crippen LogP contribution is 2.20. The van der Waals surface area contributed by atoms with E-state index in [1.807, 2.05) is 88.9 Å². The maximum Gasteiger partial charge on any atom is 0.381 e. The standard InChI is InChI=1S/C41H70N14O2S2/c1-42-20-23-50(4)34-43-18-19-44-35-10-14-37(15-11-35)51(5)26-24-48(2)32-39(56)45-21-30-58-59-31-22-46-40(57)33-49(3)25-27-52(6)38-16-12-36(13-17-38)47-55(9)41-53(7)28-29-54(41)8/h10-17,20,23,28-29,42-44,47H,18-19,21-22,24-27,30-34H2,1-9H3,(H-,45,46,56,57)/p+1/b23-20-. The highest BCUT2D eigenvalue weighted by molar-refractivity contribution is 8.76. The average molecular weight is 856 g/mol. The van der Waals surface area contributed by atoms with Crippen molar-refractivity contribution in [2.24, 2.45) is 14.1 Å². The minimum atomic E-state index is 0.0256. The Bertz CT molecular complexity index is 1640. The number of carbonyl (C=O) groups is 2. The number of hydrogen-bond acceptors (Lipinski definition) is 14. The Balaban J connectivity index is 1.16. The van der Waals surface area contributed by atoms with E-state index < -0.39 is 0 Å². The molecule has 1 heterocycles. The minimum absolute atomic E-state index is 0.0256. The quantitative estimate of drug-likeness (QED) is 0.0192. The van der Waals surface area contributed by atoms with Crippen molar-refractivity contribution in [3.05, 3.63) is 73.3 Å². The van der Waals surface area contributed by atoms with Crippen molar-refractivity contribution in [3.8, 4) is 0 Å². The monoisotopic (exact) mass is 856 g/mol. The Kier molecular flexibility index (Phi) is 22.6. The number of nitrogens with zero attached hydrogens (tertiary/aromatic N) is 8. The number of aromatic nitrogens is 2. The molecule has 0 saturated heterocycles. The highest BCUT2D eigenvalue weighted by atomic mass is 33.1. The van der Waals surface area contributed by atoms with Crippen LogP contribution in [-0.2, 0) is 23.7 Å². The Morgan fingerprint density at radius 2 is 1.25 bits per heavy atom. The third kappa shape index (κ3) is 19.4. The van der Waals surface area contributed by atoms with Gasteiger partial charge in [0.1, 0.15) is 0 Å². The molecular weight excluding hydrogens is 785 g/mol. The van der Waals surface area contributed by atoms with Crippen LogP contribution in [-0.4, -0.2) is 164 Å². The van der Waals surface area contributed by atoms with E-state index in [2.05, 4.69) is 118 Å². The van der Waals surface area contributed by atoms with Gasteiger partial charge in [-0.25, -0.2) is 14.6 Å². The lowest BCUT2D eigenvalue weighted by Crippen LogP contribution is -2.39. The first kappa shape index (κ1) is 48.9. The smallest absolute Gasteiger partial charge is 0.381 e. The van der Waals surface area contributed by atoms with Gasteiger partial charge in [0.2, 0.25) is 11.8 Å². The fourth-order valence-corrected chi connectivity index (χ4v) is 7.78. The first-order valence-corrected chi connectivity index (χ1v) is 22.6. The maximum atomic E-state index is 12.5. The van der Waals surface area contributed by atoms with Crippen molar-refractivity contribution in [1.82, 2.24) is 40.5 Å². The number of nitrogens with one attached hydrogen (secondary N) is 6. The Labute approximate surface area is 361 Å². The van der Waals surface area contributed by atoms with Crippen molar-refractivity contribution >= 4 is 62.1 Å². The van der Waals surface area contributed by atoms with Crippen molar-refractivity contribution < 1.29 is 14.2 Å². The van der Waals surface area contributed by atoms with Gasteiger partial charge in [-0.3, -0.25) is 24.7 Å². The summed E-state index contributed by atoms with van der Waals surface area (Å²) < 4.78 is 4.12. The number of anilines is 5. The van der Waals surface area contributed by atoms with Crippen molar-refractivity contribution in [3.63, 3.8) is 0 Å². The van der Waals surface area contributed by atoms with Crippen LogP contribution in [0.5, 0.6) is 0 Å². The summed E-state index contributed by atoms with van der Waals surface area (Å²) in [7, 11) is 21.5. The van der Waals surface area contributed by atoms with Gasteiger partial charge in [-0.05, 0) is 62.6 Å². The number of imidazole rings is 1. The molecule has 1 aromatic heterocycles. The Morgan fingerprint density at radius 1 is 0.729 bits per heavy atom. The summed E-state index contributed by atoms with van der Waals surface area (Å²) in [6.45, 7) is 7.58. The first-order chi connectivity index (χ1) is 28.4. The topological polar surface area (TPSA) is 135 Å². The van der Waals surface area contributed by atoms with Gasteiger partial charge in [-0.15, -0.1) is 0 Å². The summed E-state index contributed by atoms with van der Waals surface area (Å²) in [5.74, 6) is 2.71. The molecule has 0 saturated carbocycles. The van der Waals surface area contributed by atoms with Crippen LogP contribution in [0, 0.1) is 0 Å². The molecule has 328 valence electrons. The number of rotatable bonds is 30. The maximum absolute atomic E-state index is 12.5. The molecule has 0 aliphatic rings. The van der Waals surface area contributed by atoms with E-state index in [-0.39, 0.29) is 11.8 Å². The second kappa shape index (κ2) is 27.3. The van der Waals surface area contributed by atoms with Gasteiger partial charge in [0, 0.05) is 122 Å². The molecule has 0 unspecified atom stereocenters. The lowest BCUT2D eigenvalue weighted by atomic mass is 10.2. The van der Waals surface area contributed by atoms with E-state index in [0.29, 0.717) is 26.2 Å². The van der Waals surface area contributed by atoms with Crippen LogP contribution in [0.3, 0.4) is 0 Å². The number of hydrazine groups is 1. The summed E-state index contributed by atoms with van der Waals surface area (Å²) >= 11 is 0. The Morgan fingerprint density at radius 3 is 1.75 bits per heavy atom. The molecule has 2 aromatic carbocycles. The van der Waals surface area contributed by atoms with Gasteiger partial charge in [0.15, 0.2) is 0 Å². The predicted molar refractivity (Wildman–Crippen MR) is 251 cm³/mol. The van der Waals surface area contributed by atoms with Crippen molar-refractivity contribution in [1.29, 1.82) is 0 Å². The number of benzene rings is 2. The summed E-state index contributed by atoms with van der Waals surface area (Å²) in [6, 6.07) is 16.8. The zero-order valence-electron chi connectivity index (χ0n) is 36.8. The van der Waals surface area contributed by atoms with E-state index in [1.165, 1.54) is 0 Å². The van der Waals surface area contributed by atoms with Crippen LogP contribution >= 0.6 is 21.6 Å². The second-order valence-electron chi connectivity index (χ2n) is 14.7. The molecular formula is C41H71N14O2S2+. The van der Waals surface area contributed by atoms with E-state index in [9.17, 15) is 9.59 Å². The summed E-state index contributed by atoms with van der Waals surface area (Å²) in [5, 5.41) is 17.9. The fraction of sp³-hybridized carbons (Fsp3) is 0.537. The number of carbonyl (C=O) groups excluding carboxylic acids is 2. The Hall–Kier alpha value is -4.49. The van der Waals surface area contributed by atoms with Gasteiger partial charge in [0.05, 0.1) is 59.0 Å². The molecule has 0 bridgehead atoms. The van der Waals surface area contributed by atoms with Gasteiger partial charge >= 0.3 is 5.95 Å². The van der Waals surface area contributed by atoms with Gasteiger partial charge < -0.3 is 36.0 Å². The number of aryl methyl sites for hydroxylation is 2. The van der Waals surface area contributed by atoms with E-state index in [1.54, 1.807) is 21.6 Å². The van der Waals surface area contributed by atoms with E-state index in [4.69, 9.17) is 0 Å². The molecule has 0 aliphatic carbocycles. The third-order valence-electron chi connectivity index (χ3n) is 9.41. The van der Waals surface area contributed by atoms with E-state index >= 15 is 0 Å². The third-order valence-corrected chi connectivity index (χ3v) is 11.8. The minimum Gasteiger partial charge on any atom is -0.393 e. The van der Waals surface area contributed by atoms with Gasteiger partial charge in [0.25, 0.3) is 0 Å². The number of hydrogen-bond donors (Lipinski definition) is 6. The molecule has 3 rings (SSSR count). The summed E-state index contributed by atoms with van der Waals surface area (Å²) in [4.78, 5) is 35.6.